The summed E-state index contributed by atoms with van der Waals surface area (Å²) in [5, 5.41) is 14.1. The molecule has 0 radical (unpaired) electrons. The van der Waals surface area contributed by atoms with E-state index < -0.39 is 6.36 Å². The number of halogens is 3. The van der Waals surface area contributed by atoms with E-state index in [4.69, 9.17) is 9.47 Å². The molecule has 2 aromatic carbocycles. The number of carbonyl (C=O) groups is 1. The van der Waals surface area contributed by atoms with E-state index in [0.29, 0.717) is 32.3 Å². The third kappa shape index (κ3) is 6.92. The van der Waals surface area contributed by atoms with Crippen LogP contribution in [0.15, 0.2) is 46.8 Å². The molecule has 32 heavy (non-hydrogen) atoms. The Balaban J connectivity index is 1.53. The maximum Gasteiger partial charge on any atom is 0.573 e. The van der Waals surface area contributed by atoms with Crippen LogP contribution < -0.4 is 24.8 Å². The van der Waals surface area contributed by atoms with Crippen molar-refractivity contribution < 1.29 is 32.2 Å². The molecule has 1 amide bonds. The molecule has 0 unspecified atom stereocenters. The van der Waals surface area contributed by atoms with Crippen molar-refractivity contribution in [3.05, 3.63) is 42.5 Å². The van der Waals surface area contributed by atoms with Gasteiger partial charge in [-0.25, -0.2) is 0 Å². The number of alkyl halides is 3. The number of hydrogen-bond acceptors (Lipinski definition) is 9. The number of nitrogens with zero attached hydrogens (tertiary/aromatic N) is 2. The molecular weight excluding hydrogens is 469 g/mol. The summed E-state index contributed by atoms with van der Waals surface area (Å²) in [5.41, 5.74) is 0.991. The van der Waals surface area contributed by atoms with Gasteiger partial charge >= 0.3 is 6.36 Å². The van der Waals surface area contributed by atoms with Gasteiger partial charge in [-0.1, -0.05) is 23.1 Å². The Morgan fingerprint density at radius 2 is 1.78 bits per heavy atom. The Hall–Kier alpha value is -3.19. The fraction of sp³-hybridized carbons (Fsp3) is 0.211. The Morgan fingerprint density at radius 3 is 2.44 bits per heavy atom. The van der Waals surface area contributed by atoms with Gasteiger partial charge in [0, 0.05) is 11.8 Å². The summed E-state index contributed by atoms with van der Waals surface area (Å²) in [5.74, 6) is 0.560. The lowest BCUT2D eigenvalue weighted by Crippen LogP contribution is -2.16. The molecule has 1 aromatic heterocycles. The van der Waals surface area contributed by atoms with Gasteiger partial charge in [-0.15, -0.1) is 23.4 Å². The Bertz CT molecular complexity index is 1060. The number of aromatic nitrogens is 2. The maximum absolute atomic E-state index is 12.3. The van der Waals surface area contributed by atoms with Crippen molar-refractivity contribution in [2.24, 2.45) is 0 Å². The number of nitrogens with one attached hydrogen (secondary N) is 2. The Morgan fingerprint density at radius 1 is 1.06 bits per heavy atom. The molecule has 0 aliphatic carbocycles. The largest absolute Gasteiger partial charge is 0.573 e. The highest BCUT2D eigenvalue weighted by molar-refractivity contribution is 8.01. The average Bonchev–Trinajstić information content (AvgIpc) is 3.20. The average molecular weight is 486 g/mol. The summed E-state index contributed by atoms with van der Waals surface area (Å²) in [4.78, 5) is 12.3. The van der Waals surface area contributed by atoms with Gasteiger partial charge < -0.3 is 24.8 Å². The first kappa shape index (κ1) is 23.5. The predicted molar refractivity (Wildman–Crippen MR) is 115 cm³/mol. The zero-order valence-electron chi connectivity index (χ0n) is 16.7. The second-order valence-electron chi connectivity index (χ2n) is 5.97. The standard InChI is InChI=1S/C19H17F3N4O4S2/c1-28-13-7-8-15(29-2)14(9-13)24-16(27)10-31-18-26-25-17(32-18)23-11-3-5-12(6-4-11)30-19(20,21)22/h3-9H,10H2,1-2H3,(H,23,25)(H,24,27). The molecule has 1 heterocycles. The molecule has 0 aliphatic rings. The van der Waals surface area contributed by atoms with Crippen LogP contribution in [0.1, 0.15) is 0 Å². The summed E-state index contributed by atoms with van der Waals surface area (Å²) in [6, 6.07) is 10.3. The van der Waals surface area contributed by atoms with Crippen molar-refractivity contribution in [1.82, 2.24) is 10.2 Å². The highest BCUT2D eigenvalue weighted by Gasteiger charge is 2.30. The molecule has 2 N–H and O–H groups in total. The third-order valence-corrected chi connectivity index (χ3v) is 5.73. The van der Waals surface area contributed by atoms with E-state index in [1.807, 2.05) is 0 Å². The van der Waals surface area contributed by atoms with Crippen LogP contribution in [0.2, 0.25) is 0 Å². The summed E-state index contributed by atoms with van der Waals surface area (Å²) < 4.78 is 51.4. The lowest BCUT2D eigenvalue weighted by Gasteiger charge is -2.11. The Labute approximate surface area is 189 Å². The molecule has 0 saturated carbocycles. The van der Waals surface area contributed by atoms with Gasteiger partial charge in [0.15, 0.2) is 4.34 Å². The number of thioether (sulfide) groups is 1. The number of amides is 1. The van der Waals surface area contributed by atoms with E-state index in [-0.39, 0.29) is 17.4 Å². The number of anilines is 3. The first-order valence-electron chi connectivity index (χ1n) is 8.87. The lowest BCUT2D eigenvalue weighted by atomic mass is 10.2. The summed E-state index contributed by atoms with van der Waals surface area (Å²) in [7, 11) is 3.02. The number of rotatable bonds is 9. The molecule has 0 bridgehead atoms. The molecule has 3 aromatic rings. The highest BCUT2D eigenvalue weighted by atomic mass is 32.2. The normalized spacial score (nSPS) is 11.0. The van der Waals surface area contributed by atoms with E-state index in [0.717, 1.165) is 0 Å². The smallest absolute Gasteiger partial charge is 0.497 e. The molecule has 13 heteroatoms. The van der Waals surface area contributed by atoms with Crippen LogP contribution in [-0.4, -0.2) is 42.4 Å². The van der Waals surface area contributed by atoms with E-state index in [1.165, 1.54) is 61.6 Å². The molecule has 0 aliphatic heterocycles. The van der Waals surface area contributed by atoms with Crippen molar-refractivity contribution in [1.29, 1.82) is 0 Å². The van der Waals surface area contributed by atoms with Crippen molar-refractivity contribution >= 4 is 45.5 Å². The molecule has 8 nitrogen and oxygen atoms in total. The summed E-state index contributed by atoms with van der Waals surface area (Å²) in [6.07, 6.45) is -4.75. The molecular formula is C19H17F3N4O4S2. The number of ether oxygens (including phenoxy) is 3. The van der Waals surface area contributed by atoms with Gasteiger partial charge in [0.2, 0.25) is 11.0 Å². The van der Waals surface area contributed by atoms with Crippen LogP contribution in [0.5, 0.6) is 17.2 Å². The first-order valence-corrected chi connectivity index (χ1v) is 10.7. The van der Waals surface area contributed by atoms with Gasteiger partial charge in [-0.2, -0.15) is 0 Å². The lowest BCUT2D eigenvalue weighted by molar-refractivity contribution is -0.274. The van der Waals surface area contributed by atoms with Crippen LogP contribution in [-0.2, 0) is 4.79 Å². The fourth-order valence-electron chi connectivity index (χ4n) is 2.41. The van der Waals surface area contributed by atoms with E-state index >= 15 is 0 Å². The second-order valence-corrected chi connectivity index (χ2v) is 8.17. The first-order chi connectivity index (χ1) is 15.3. The Kier molecular flexibility index (Phi) is 7.64. The fourth-order valence-corrected chi connectivity index (χ4v) is 3.98. The molecule has 0 atom stereocenters. The molecule has 170 valence electrons. The van der Waals surface area contributed by atoms with Crippen molar-refractivity contribution in [2.45, 2.75) is 10.7 Å². The predicted octanol–water partition coefficient (Wildman–Crippen LogP) is 4.93. The minimum absolute atomic E-state index is 0.0818. The molecule has 3 rings (SSSR count). The van der Waals surface area contributed by atoms with Crippen LogP contribution in [0.4, 0.5) is 29.7 Å². The van der Waals surface area contributed by atoms with Crippen molar-refractivity contribution in [3.8, 4) is 17.2 Å². The van der Waals surface area contributed by atoms with Gasteiger partial charge in [-0.05, 0) is 36.4 Å². The van der Waals surface area contributed by atoms with E-state index in [9.17, 15) is 18.0 Å². The molecule has 0 spiro atoms. The summed E-state index contributed by atoms with van der Waals surface area (Å²) in [6.45, 7) is 0. The van der Waals surface area contributed by atoms with Gasteiger partial charge in [-0.3, -0.25) is 4.79 Å². The summed E-state index contributed by atoms with van der Waals surface area (Å²) >= 11 is 2.38. The minimum atomic E-state index is -4.75. The molecule has 0 saturated heterocycles. The SMILES string of the molecule is COc1ccc(OC)c(NC(=O)CSc2nnc(Nc3ccc(OC(F)(F)F)cc3)s2)c1. The topological polar surface area (TPSA) is 94.6 Å². The minimum Gasteiger partial charge on any atom is -0.497 e. The number of carbonyl (C=O) groups excluding carboxylic acids is 1. The number of hydrogen-bond donors (Lipinski definition) is 2. The zero-order chi connectivity index (χ0) is 23.1. The van der Waals surface area contributed by atoms with Gasteiger partial charge in [0.1, 0.15) is 17.2 Å². The zero-order valence-corrected chi connectivity index (χ0v) is 18.4. The van der Waals surface area contributed by atoms with Crippen LogP contribution in [0, 0.1) is 0 Å². The van der Waals surface area contributed by atoms with Crippen LogP contribution in [0.25, 0.3) is 0 Å². The van der Waals surface area contributed by atoms with Crippen molar-refractivity contribution in [2.75, 3.05) is 30.6 Å². The van der Waals surface area contributed by atoms with Gasteiger partial charge in [0.25, 0.3) is 0 Å². The van der Waals surface area contributed by atoms with E-state index in [1.54, 1.807) is 18.2 Å². The van der Waals surface area contributed by atoms with Gasteiger partial charge in [0.05, 0.1) is 25.7 Å². The monoisotopic (exact) mass is 486 g/mol. The van der Waals surface area contributed by atoms with Crippen molar-refractivity contribution in [3.63, 3.8) is 0 Å². The van der Waals surface area contributed by atoms with Crippen LogP contribution in [0.3, 0.4) is 0 Å². The number of benzene rings is 2. The third-order valence-electron chi connectivity index (χ3n) is 3.75. The quantitative estimate of drug-likeness (QED) is 0.411. The highest BCUT2D eigenvalue weighted by Crippen LogP contribution is 2.31. The van der Waals surface area contributed by atoms with E-state index in [2.05, 4.69) is 25.6 Å². The maximum atomic E-state index is 12.3. The van der Waals surface area contributed by atoms with Crippen LogP contribution >= 0.6 is 23.1 Å². The molecule has 0 fully saturated rings. The second kappa shape index (κ2) is 10.4. The number of methoxy groups -OCH3 is 2.